The molecule has 5 nitrogen and oxygen atoms in total. The lowest BCUT2D eigenvalue weighted by atomic mass is 9.90. The van der Waals surface area contributed by atoms with E-state index in [2.05, 4.69) is 9.88 Å². The van der Waals surface area contributed by atoms with Gasteiger partial charge in [0.2, 0.25) is 5.78 Å². The number of alkyl halides is 3. The van der Waals surface area contributed by atoms with E-state index in [0.717, 1.165) is 16.5 Å². The van der Waals surface area contributed by atoms with Crippen molar-refractivity contribution >= 4 is 52.0 Å². The second-order valence-corrected chi connectivity index (χ2v) is 10.1. The van der Waals surface area contributed by atoms with Crippen molar-refractivity contribution in [1.82, 2.24) is 9.88 Å². The zero-order valence-electron chi connectivity index (χ0n) is 18.3. The zero-order chi connectivity index (χ0) is 24.7. The molecule has 2 aromatic carbocycles. The molecule has 3 aromatic rings. The van der Waals surface area contributed by atoms with Crippen LogP contribution in [0.3, 0.4) is 0 Å². The van der Waals surface area contributed by atoms with Crippen molar-refractivity contribution in [3.05, 3.63) is 65.3 Å². The highest BCUT2D eigenvalue weighted by Crippen LogP contribution is 2.40. The third kappa shape index (κ3) is 4.92. The standard InChI is InChI=1S/C24H21ClF3N3O2S/c1-23(2)22(21(33)13-32)31(17-4-6-18(7-5-17)34-24(26,27)28)14-30(23)12-15-9-10-29-20-11-16(25)3-8-19(15)20/h3-11,13,22H,12,14H2,1-2H3. The number of nitrogens with zero attached hydrogens (tertiary/aromatic N) is 3. The predicted octanol–water partition coefficient (Wildman–Crippen LogP) is 5.70. The summed E-state index contributed by atoms with van der Waals surface area (Å²) in [6, 6.07) is 12.4. The van der Waals surface area contributed by atoms with Crippen LogP contribution in [0.25, 0.3) is 10.9 Å². The van der Waals surface area contributed by atoms with Crippen LogP contribution in [0.2, 0.25) is 5.02 Å². The van der Waals surface area contributed by atoms with E-state index in [9.17, 15) is 22.8 Å². The maximum atomic E-state index is 12.7. The summed E-state index contributed by atoms with van der Waals surface area (Å²) in [7, 11) is 0. The first kappa shape index (κ1) is 24.5. The number of anilines is 1. The Morgan fingerprint density at radius 1 is 1.21 bits per heavy atom. The van der Waals surface area contributed by atoms with Gasteiger partial charge in [0, 0.05) is 39.3 Å². The Morgan fingerprint density at radius 3 is 2.56 bits per heavy atom. The monoisotopic (exact) mass is 507 g/mol. The summed E-state index contributed by atoms with van der Waals surface area (Å²) in [5, 5.41) is 1.50. The Bertz CT molecular complexity index is 1230. The molecule has 1 saturated heterocycles. The van der Waals surface area contributed by atoms with Crippen LogP contribution in [-0.2, 0) is 16.1 Å². The Kier molecular flexibility index (Phi) is 6.63. The molecule has 1 aromatic heterocycles. The lowest BCUT2D eigenvalue weighted by molar-refractivity contribution is -0.131. The molecule has 1 unspecified atom stereocenters. The van der Waals surface area contributed by atoms with Crippen molar-refractivity contribution in [2.24, 2.45) is 0 Å². The van der Waals surface area contributed by atoms with Crippen LogP contribution >= 0.6 is 23.4 Å². The third-order valence-corrected chi connectivity index (χ3v) is 7.04. The maximum Gasteiger partial charge on any atom is 0.446 e. The molecule has 0 N–H and O–H groups in total. The highest BCUT2D eigenvalue weighted by atomic mass is 35.5. The lowest BCUT2D eigenvalue weighted by Crippen LogP contribution is -2.51. The Morgan fingerprint density at radius 2 is 1.91 bits per heavy atom. The fourth-order valence-corrected chi connectivity index (χ4v) is 5.12. The molecule has 34 heavy (non-hydrogen) atoms. The number of pyridine rings is 1. The second-order valence-electron chi connectivity index (χ2n) is 8.56. The van der Waals surface area contributed by atoms with Gasteiger partial charge in [-0.1, -0.05) is 17.7 Å². The van der Waals surface area contributed by atoms with E-state index in [1.165, 1.54) is 12.1 Å². The van der Waals surface area contributed by atoms with Gasteiger partial charge in [-0.2, -0.15) is 13.2 Å². The van der Waals surface area contributed by atoms with Crippen molar-refractivity contribution in [2.45, 2.75) is 42.4 Å². The number of benzene rings is 2. The Hall–Kier alpha value is -2.62. The first-order valence-corrected chi connectivity index (χ1v) is 11.6. The van der Waals surface area contributed by atoms with Crippen LogP contribution in [0, 0.1) is 0 Å². The molecule has 1 fully saturated rings. The Labute approximate surface area is 203 Å². The molecule has 4 rings (SSSR count). The lowest BCUT2D eigenvalue weighted by Gasteiger charge is -2.34. The van der Waals surface area contributed by atoms with Gasteiger partial charge in [-0.15, -0.1) is 0 Å². The highest BCUT2D eigenvalue weighted by molar-refractivity contribution is 8.00. The molecule has 0 radical (unpaired) electrons. The largest absolute Gasteiger partial charge is 0.446 e. The number of Topliss-reactive ketones (excluding diaryl/α,β-unsaturated/α-hetero) is 1. The average molecular weight is 508 g/mol. The van der Waals surface area contributed by atoms with Crippen molar-refractivity contribution in [3.8, 4) is 0 Å². The first-order valence-electron chi connectivity index (χ1n) is 10.4. The second kappa shape index (κ2) is 9.20. The number of carbonyl (C=O) groups is 2. The van der Waals surface area contributed by atoms with Crippen LogP contribution in [0.15, 0.2) is 59.6 Å². The van der Waals surface area contributed by atoms with E-state index in [-0.39, 0.29) is 16.7 Å². The molecular weight excluding hydrogens is 487 g/mol. The van der Waals surface area contributed by atoms with Gasteiger partial charge in [0.15, 0.2) is 6.29 Å². The number of rotatable bonds is 6. The number of aldehydes is 1. The van der Waals surface area contributed by atoms with E-state index in [0.29, 0.717) is 30.2 Å². The number of carbonyl (C=O) groups excluding carboxylic acids is 2. The summed E-state index contributed by atoms with van der Waals surface area (Å²) >= 11 is 5.90. The number of fused-ring (bicyclic) bond motifs is 1. The quantitative estimate of drug-likeness (QED) is 0.242. The summed E-state index contributed by atoms with van der Waals surface area (Å²) in [5.41, 5.74) is -2.84. The molecular formula is C24H21ClF3N3O2S. The smallest absolute Gasteiger partial charge is 0.346 e. The number of ketones is 1. The molecule has 0 aliphatic carbocycles. The number of thioether (sulfide) groups is 1. The minimum Gasteiger partial charge on any atom is -0.346 e. The van der Waals surface area contributed by atoms with Crippen LogP contribution in [0.4, 0.5) is 18.9 Å². The van der Waals surface area contributed by atoms with E-state index < -0.39 is 22.9 Å². The molecule has 178 valence electrons. The molecule has 2 heterocycles. The molecule has 0 saturated carbocycles. The normalized spacial score (nSPS) is 18.4. The molecule has 0 amide bonds. The zero-order valence-corrected chi connectivity index (χ0v) is 19.9. The van der Waals surface area contributed by atoms with Gasteiger partial charge in [-0.05, 0) is 73.6 Å². The van der Waals surface area contributed by atoms with Crippen LogP contribution in [0.5, 0.6) is 0 Å². The van der Waals surface area contributed by atoms with Gasteiger partial charge < -0.3 is 4.90 Å². The molecule has 0 bridgehead atoms. The van der Waals surface area contributed by atoms with Gasteiger partial charge in [0.05, 0.1) is 12.2 Å². The highest BCUT2D eigenvalue weighted by Gasteiger charge is 2.50. The first-order chi connectivity index (χ1) is 16.0. The van der Waals surface area contributed by atoms with Crippen molar-refractivity contribution in [2.75, 3.05) is 11.6 Å². The van der Waals surface area contributed by atoms with Crippen LogP contribution in [0.1, 0.15) is 19.4 Å². The number of aromatic nitrogens is 1. The molecule has 1 atom stereocenters. The van der Waals surface area contributed by atoms with Crippen molar-refractivity contribution in [3.63, 3.8) is 0 Å². The maximum absolute atomic E-state index is 12.7. The SMILES string of the molecule is CC1(C)C(C(=O)C=O)N(c2ccc(SC(F)(F)F)cc2)CN1Cc1ccnc2cc(Cl)ccc12. The van der Waals surface area contributed by atoms with Crippen molar-refractivity contribution in [1.29, 1.82) is 0 Å². The third-order valence-electron chi connectivity index (χ3n) is 6.06. The van der Waals surface area contributed by atoms with E-state index >= 15 is 0 Å². The van der Waals surface area contributed by atoms with Gasteiger partial charge in [0.25, 0.3) is 0 Å². The summed E-state index contributed by atoms with van der Waals surface area (Å²) in [4.78, 5) is 32.4. The minimum absolute atomic E-state index is 0.0479. The molecule has 10 heteroatoms. The number of hydrogen-bond donors (Lipinski definition) is 0. The summed E-state index contributed by atoms with van der Waals surface area (Å²) in [6.07, 6.45) is 2.00. The van der Waals surface area contributed by atoms with E-state index in [1.54, 1.807) is 35.4 Å². The van der Waals surface area contributed by atoms with Gasteiger partial charge in [-0.25, -0.2) is 0 Å². The van der Waals surface area contributed by atoms with Gasteiger partial charge >= 0.3 is 5.51 Å². The topological polar surface area (TPSA) is 53.5 Å². The van der Waals surface area contributed by atoms with E-state index in [1.807, 2.05) is 26.0 Å². The summed E-state index contributed by atoms with van der Waals surface area (Å²) in [6.45, 7) is 4.54. The summed E-state index contributed by atoms with van der Waals surface area (Å²) in [5.74, 6) is -0.590. The van der Waals surface area contributed by atoms with Crippen LogP contribution in [-0.4, -0.2) is 45.7 Å². The minimum atomic E-state index is -4.39. The molecule has 0 spiro atoms. The van der Waals surface area contributed by atoms with Crippen LogP contribution < -0.4 is 4.90 Å². The predicted molar refractivity (Wildman–Crippen MR) is 127 cm³/mol. The number of hydrogen-bond acceptors (Lipinski definition) is 6. The fraction of sp³-hybridized carbons (Fsp3) is 0.292. The van der Waals surface area contributed by atoms with Gasteiger partial charge in [-0.3, -0.25) is 19.5 Å². The van der Waals surface area contributed by atoms with Crippen molar-refractivity contribution < 1.29 is 22.8 Å². The molecule has 1 aliphatic rings. The average Bonchev–Trinajstić information content (AvgIpc) is 3.02. The molecule has 1 aliphatic heterocycles. The van der Waals surface area contributed by atoms with E-state index in [4.69, 9.17) is 11.6 Å². The van der Waals surface area contributed by atoms with Gasteiger partial charge in [0.1, 0.15) is 6.04 Å². The number of halogens is 4. The summed E-state index contributed by atoms with van der Waals surface area (Å²) < 4.78 is 38.1. The fourth-order valence-electron chi connectivity index (χ4n) is 4.42. The Balaban J connectivity index is 1.67.